The lowest BCUT2D eigenvalue weighted by Crippen LogP contribution is -2.65. The standard InChI is InChI=1S/C18H20F4N2O5S/c1-17(27,18(20,21)22)13-12(28-8-9-6-4-3-5-7-9)10(19)11-14(29-13)30-15(23-11)24(2)16(25)26/h3-7,10-14,27H,8H2,1-2H3,(H,25,26)/t10-,11+,12-,13-,14+,17-/m0/s1. The third-order valence-electron chi connectivity index (χ3n) is 4.97. The number of rotatable bonds is 4. The van der Waals surface area contributed by atoms with Crippen LogP contribution in [0.1, 0.15) is 12.5 Å². The van der Waals surface area contributed by atoms with Gasteiger partial charge in [-0.15, -0.1) is 0 Å². The van der Waals surface area contributed by atoms with Crippen LogP contribution in [0.15, 0.2) is 35.3 Å². The van der Waals surface area contributed by atoms with E-state index in [4.69, 9.17) is 14.6 Å². The topological polar surface area (TPSA) is 91.6 Å². The fourth-order valence-electron chi connectivity index (χ4n) is 3.11. The number of amides is 1. The number of ether oxygens (including phenoxy) is 2. The summed E-state index contributed by atoms with van der Waals surface area (Å²) in [5.74, 6) is 0. The zero-order valence-corrected chi connectivity index (χ0v) is 16.7. The Balaban J connectivity index is 1.89. The molecular weight excluding hydrogens is 432 g/mol. The molecule has 0 saturated carbocycles. The first kappa shape index (κ1) is 22.8. The number of hydrogen-bond donors (Lipinski definition) is 2. The van der Waals surface area contributed by atoms with Crippen molar-refractivity contribution >= 4 is 23.0 Å². The summed E-state index contributed by atoms with van der Waals surface area (Å²) in [4.78, 5) is 15.8. The van der Waals surface area contributed by atoms with Gasteiger partial charge in [-0.2, -0.15) is 13.2 Å². The normalized spacial score (nSPS) is 30.9. The van der Waals surface area contributed by atoms with Crippen LogP contribution in [-0.2, 0) is 16.1 Å². The highest BCUT2D eigenvalue weighted by atomic mass is 32.2. The molecule has 1 amide bonds. The molecule has 0 aliphatic carbocycles. The maximum atomic E-state index is 15.3. The van der Waals surface area contributed by atoms with Gasteiger partial charge >= 0.3 is 12.3 Å². The zero-order valence-electron chi connectivity index (χ0n) is 15.9. The molecule has 7 nitrogen and oxygen atoms in total. The van der Waals surface area contributed by atoms with Crippen molar-refractivity contribution in [2.45, 2.75) is 55.2 Å². The Labute approximate surface area is 173 Å². The van der Waals surface area contributed by atoms with Gasteiger partial charge in [0.15, 0.2) is 16.9 Å². The van der Waals surface area contributed by atoms with Gasteiger partial charge in [0, 0.05) is 7.05 Å². The second-order valence-electron chi connectivity index (χ2n) is 7.14. The average molecular weight is 452 g/mol. The summed E-state index contributed by atoms with van der Waals surface area (Å²) in [6.45, 7) is 0.282. The highest BCUT2D eigenvalue weighted by Crippen LogP contribution is 2.45. The van der Waals surface area contributed by atoms with E-state index < -0.39 is 47.7 Å². The van der Waals surface area contributed by atoms with E-state index >= 15 is 4.39 Å². The van der Waals surface area contributed by atoms with Crippen LogP contribution in [0.25, 0.3) is 0 Å². The van der Waals surface area contributed by atoms with Gasteiger partial charge in [0.25, 0.3) is 0 Å². The quantitative estimate of drug-likeness (QED) is 0.683. The van der Waals surface area contributed by atoms with Crippen molar-refractivity contribution in [2.24, 2.45) is 4.99 Å². The first-order valence-corrected chi connectivity index (χ1v) is 9.76. The zero-order chi connectivity index (χ0) is 22.3. The molecule has 0 unspecified atom stereocenters. The predicted molar refractivity (Wildman–Crippen MR) is 99.9 cm³/mol. The van der Waals surface area contributed by atoms with E-state index in [0.717, 1.165) is 4.90 Å². The molecule has 2 aliphatic heterocycles. The van der Waals surface area contributed by atoms with Crippen molar-refractivity contribution in [2.75, 3.05) is 7.05 Å². The third-order valence-corrected chi connectivity index (χ3v) is 6.18. The molecular formula is C18H20F4N2O5S. The molecule has 2 heterocycles. The largest absolute Gasteiger partial charge is 0.465 e. The number of halogens is 4. The average Bonchev–Trinajstić information content (AvgIpc) is 3.10. The summed E-state index contributed by atoms with van der Waals surface area (Å²) in [6.07, 6.45) is -12.4. The van der Waals surface area contributed by atoms with E-state index in [9.17, 15) is 23.1 Å². The van der Waals surface area contributed by atoms with E-state index in [-0.39, 0.29) is 11.8 Å². The highest BCUT2D eigenvalue weighted by Gasteiger charge is 2.64. The summed E-state index contributed by atoms with van der Waals surface area (Å²) in [6, 6.07) is 7.13. The van der Waals surface area contributed by atoms with Gasteiger partial charge in [-0.3, -0.25) is 9.89 Å². The van der Waals surface area contributed by atoms with Gasteiger partial charge in [0.2, 0.25) is 0 Å². The molecule has 1 saturated heterocycles. The van der Waals surface area contributed by atoms with Crippen LogP contribution in [-0.4, -0.2) is 75.1 Å². The maximum absolute atomic E-state index is 15.3. The number of amidine groups is 1. The number of thioether (sulfide) groups is 1. The second kappa shape index (κ2) is 8.33. The molecule has 0 aromatic heterocycles. The fraction of sp³-hybridized carbons (Fsp3) is 0.556. The van der Waals surface area contributed by atoms with Gasteiger partial charge in [-0.25, -0.2) is 9.18 Å². The molecule has 1 fully saturated rings. The molecule has 1 aromatic carbocycles. The van der Waals surface area contributed by atoms with Gasteiger partial charge in [0.1, 0.15) is 23.7 Å². The molecule has 0 spiro atoms. The van der Waals surface area contributed by atoms with Crippen LogP contribution >= 0.6 is 11.8 Å². The predicted octanol–water partition coefficient (Wildman–Crippen LogP) is 3.03. The SMILES string of the molecule is CN(C(=O)O)C1=N[C@@H]2[C@H](F)[C@H](OCc3ccccc3)[C@@H]([C@](C)(O)C(F)(F)F)O[C@@H]2S1. The number of carboxylic acid groups (broad SMARTS) is 1. The molecule has 0 bridgehead atoms. The smallest absolute Gasteiger partial charge is 0.419 e. The fourth-order valence-corrected chi connectivity index (χ4v) is 4.26. The minimum Gasteiger partial charge on any atom is -0.465 e. The van der Waals surface area contributed by atoms with Gasteiger partial charge in [-0.1, -0.05) is 42.1 Å². The minimum atomic E-state index is -5.12. The number of hydrogen-bond acceptors (Lipinski definition) is 6. The van der Waals surface area contributed by atoms with E-state index in [1.165, 1.54) is 7.05 Å². The molecule has 3 rings (SSSR count). The Hall–Kier alpha value is -1.89. The van der Waals surface area contributed by atoms with Crippen LogP contribution in [0.3, 0.4) is 0 Å². The van der Waals surface area contributed by atoms with Crippen LogP contribution in [0.2, 0.25) is 0 Å². The van der Waals surface area contributed by atoms with E-state index in [1.54, 1.807) is 30.3 Å². The summed E-state index contributed by atoms with van der Waals surface area (Å²) in [7, 11) is 1.17. The van der Waals surface area contributed by atoms with Gasteiger partial charge in [0.05, 0.1) is 6.61 Å². The molecule has 1 aromatic rings. The molecule has 6 atom stereocenters. The molecule has 0 radical (unpaired) electrons. The Morgan fingerprint density at radius 3 is 2.53 bits per heavy atom. The summed E-state index contributed by atoms with van der Waals surface area (Å²) in [5, 5.41) is 19.2. The summed E-state index contributed by atoms with van der Waals surface area (Å²) in [5.41, 5.74) is -4.06. The molecule has 30 heavy (non-hydrogen) atoms. The molecule has 12 heteroatoms. The van der Waals surface area contributed by atoms with E-state index in [0.29, 0.717) is 24.2 Å². The summed E-state index contributed by atoms with van der Waals surface area (Å²) < 4.78 is 66.7. The Kier molecular flexibility index (Phi) is 6.33. The van der Waals surface area contributed by atoms with Crippen LogP contribution < -0.4 is 0 Å². The Morgan fingerprint density at radius 2 is 1.97 bits per heavy atom. The van der Waals surface area contributed by atoms with E-state index in [1.807, 2.05) is 0 Å². The lowest BCUT2D eigenvalue weighted by atomic mass is 9.87. The Morgan fingerprint density at radius 1 is 1.33 bits per heavy atom. The van der Waals surface area contributed by atoms with Crippen molar-refractivity contribution < 1.29 is 42.0 Å². The number of benzene rings is 1. The van der Waals surface area contributed by atoms with Crippen LogP contribution in [0.5, 0.6) is 0 Å². The van der Waals surface area contributed by atoms with Gasteiger partial charge in [-0.05, 0) is 12.5 Å². The molecule has 2 N–H and O–H groups in total. The number of carbonyl (C=O) groups is 1. The Bertz CT molecular complexity index is 808. The van der Waals surface area contributed by atoms with Crippen molar-refractivity contribution in [3.05, 3.63) is 35.9 Å². The van der Waals surface area contributed by atoms with Gasteiger partial charge < -0.3 is 19.7 Å². The lowest BCUT2D eigenvalue weighted by molar-refractivity contribution is -0.319. The maximum Gasteiger partial charge on any atom is 0.419 e. The lowest BCUT2D eigenvalue weighted by Gasteiger charge is -2.45. The third kappa shape index (κ3) is 4.27. The van der Waals surface area contributed by atoms with Crippen LogP contribution in [0.4, 0.5) is 22.4 Å². The first-order chi connectivity index (χ1) is 13.9. The van der Waals surface area contributed by atoms with Crippen molar-refractivity contribution in [3.63, 3.8) is 0 Å². The number of aliphatic imine (C=N–C) groups is 1. The number of fused-ring (bicyclic) bond motifs is 1. The first-order valence-electron chi connectivity index (χ1n) is 8.88. The number of aliphatic hydroxyl groups is 1. The monoisotopic (exact) mass is 452 g/mol. The molecule has 2 aliphatic rings. The van der Waals surface area contributed by atoms with Crippen molar-refractivity contribution in [1.82, 2.24) is 4.90 Å². The molecule has 166 valence electrons. The van der Waals surface area contributed by atoms with E-state index in [2.05, 4.69) is 4.99 Å². The minimum absolute atomic E-state index is 0.116. The van der Waals surface area contributed by atoms with Crippen molar-refractivity contribution in [3.8, 4) is 0 Å². The second-order valence-corrected chi connectivity index (χ2v) is 8.20. The summed E-state index contributed by atoms with van der Waals surface area (Å²) >= 11 is 0.681. The number of alkyl halides is 4. The van der Waals surface area contributed by atoms with Crippen LogP contribution in [0, 0.1) is 0 Å². The highest BCUT2D eigenvalue weighted by molar-refractivity contribution is 8.14. The van der Waals surface area contributed by atoms with Crippen molar-refractivity contribution in [1.29, 1.82) is 0 Å². The number of nitrogens with zero attached hydrogens (tertiary/aromatic N) is 2.